The zero-order chi connectivity index (χ0) is 20.5. The molecule has 0 atom stereocenters. The monoisotopic (exact) mass is 405 g/mol. The van der Waals surface area contributed by atoms with E-state index >= 15 is 0 Å². The highest BCUT2D eigenvalue weighted by Crippen LogP contribution is 2.22. The minimum atomic E-state index is -0.896. The molecule has 0 fully saturated rings. The van der Waals surface area contributed by atoms with E-state index in [2.05, 4.69) is 10.2 Å². The number of halogens is 1. The van der Waals surface area contributed by atoms with Crippen molar-refractivity contribution in [3.63, 3.8) is 0 Å². The van der Waals surface area contributed by atoms with Gasteiger partial charge in [-0.2, -0.15) is 0 Å². The van der Waals surface area contributed by atoms with Gasteiger partial charge in [0.25, 0.3) is 11.6 Å². The highest BCUT2D eigenvalue weighted by atomic mass is 35.5. The smallest absolute Gasteiger partial charge is 0.340 e. The quantitative estimate of drug-likeness (QED) is 0.298. The third-order valence-electron chi connectivity index (χ3n) is 3.90. The Kier molecular flexibility index (Phi) is 7.76. The van der Waals surface area contributed by atoms with Crippen LogP contribution in [0, 0.1) is 10.1 Å². The van der Waals surface area contributed by atoms with Gasteiger partial charge in [-0.25, -0.2) is 4.79 Å². The molecule has 2 rings (SSSR count). The van der Waals surface area contributed by atoms with Crippen molar-refractivity contribution < 1.29 is 19.2 Å². The summed E-state index contributed by atoms with van der Waals surface area (Å²) in [6.07, 6.45) is 0.710. The third-order valence-corrected chi connectivity index (χ3v) is 4.23. The summed E-state index contributed by atoms with van der Waals surface area (Å²) >= 11 is 5.87. The minimum absolute atomic E-state index is 0.0138. The molecule has 0 radical (unpaired) electrons. The molecule has 0 bridgehead atoms. The molecule has 0 saturated heterocycles. The van der Waals surface area contributed by atoms with E-state index in [9.17, 15) is 19.7 Å². The number of esters is 1. The molecule has 0 heterocycles. The summed E-state index contributed by atoms with van der Waals surface area (Å²) in [5, 5.41) is 13.5. The molecule has 1 N–H and O–H groups in total. The molecular weight excluding hydrogens is 386 g/mol. The average molecular weight is 406 g/mol. The Balaban J connectivity index is 1.73. The lowest BCUT2D eigenvalue weighted by Crippen LogP contribution is -2.31. The van der Waals surface area contributed by atoms with Gasteiger partial charge >= 0.3 is 5.97 Å². The fraction of sp³-hybridized carbons (Fsp3) is 0.263. The van der Waals surface area contributed by atoms with Crippen molar-refractivity contribution in [2.75, 3.05) is 31.6 Å². The van der Waals surface area contributed by atoms with Crippen LogP contribution in [0.2, 0.25) is 5.02 Å². The Hall–Kier alpha value is -3.13. The standard InChI is InChI=1S/C19H20ClN3O5/c1-22(14-6-3-2-4-7-14)11-5-10-21-18(24)13-28-19(25)16-12-15(23(26)27)8-9-17(16)20/h2-4,6-9,12H,5,10-11,13H2,1H3,(H,21,24). The molecular formula is C19H20ClN3O5. The van der Waals surface area contributed by atoms with E-state index < -0.39 is 23.4 Å². The number of para-hydroxylation sites is 1. The van der Waals surface area contributed by atoms with Gasteiger partial charge in [0.1, 0.15) is 0 Å². The van der Waals surface area contributed by atoms with Gasteiger partial charge in [0.15, 0.2) is 6.61 Å². The van der Waals surface area contributed by atoms with E-state index in [-0.39, 0.29) is 16.3 Å². The van der Waals surface area contributed by atoms with E-state index in [1.54, 1.807) is 0 Å². The molecule has 8 nitrogen and oxygen atoms in total. The number of carbonyl (C=O) groups is 2. The Labute approximate surface area is 167 Å². The number of rotatable bonds is 9. The van der Waals surface area contributed by atoms with Crippen LogP contribution in [0.25, 0.3) is 0 Å². The lowest BCUT2D eigenvalue weighted by atomic mass is 10.2. The van der Waals surface area contributed by atoms with Crippen LogP contribution in [0.3, 0.4) is 0 Å². The number of non-ortho nitro benzene ring substituents is 1. The Morgan fingerprint density at radius 1 is 1.21 bits per heavy atom. The second-order valence-corrected chi connectivity index (χ2v) is 6.37. The van der Waals surface area contributed by atoms with Crippen molar-refractivity contribution in [1.29, 1.82) is 0 Å². The van der Waals surface area contributed by atoms with Crippen molar-refractivity contribution in [3.05, 3.63) is 69.2 Å². The van der Waals surface area contributed by atoms with E-state index in [1.807, 2.05) is 37.4 Å². The first kappa shape index (κ1) is 21.2. The number of ether oxygens (including phenoxy) is 1. The van der Waals surface area contributed by atoms with E-state index in [4.69, 9.17) is 16.3 Å². The average Bonchev–Trinajstić information content (AvgIpc) is 2.70. The highest BCUT2D eigenvalue weighted by molar-refractivity contribution is 6.33. The maximum absolute atomic E-state index is 12.0. The normalized spacial score (nSPS) is 10.2. The molecule has 2 aromatic rings. The number of hydrogen-bond acceptors (Lipinski definition) is 6. The molecule has 2 aromatic carbocycles. The van der Waals surface area contributed by atoms with Crippen molar-refractivity contribution in [2.24, 2.45) is 0 Å². The molecule has 0 spiro atoms. The first-order chi connectivity index (χ1) is 13.4. The summed E-state index contributed by atoms with van der Waals surface area (Å²) in [6, 6.07) is 13.3. The molecule has 0 aliphatic carbocycles. The molecule has 0 aliphatic heterocycles. The van der Waals surface area contributed by atoms with Crippen LogP contribution in [0.5, 0.6) is 0 Å². The molecule has 0 unspecified atom stereocenters. The largest absolute Gasteiger partial charge is 0.452 e. The summed E-state index contributed by atoms with van der Waals surface area (Å²) in [7, 11) is 1.96. The van der Waals surface area contributed by atoms with Gasteiger partial charge in [0.05, 0.1) is 15.5 Å². The lowest BCUT2D eigenvalue weighted by molar-refractivity contribution is -0.384. The van der Waals surface area contributed by atoms with Gasteiger partial charge in [-0.3, -0.25) is 14.9 Å². The van der Waals surface area contributed by atoms with E-state index in [0.29, 0.717) is 13.0 Å². The van der Waals surface area contributed by atoms with Gasteiger partial charge in [0, 0.05) is 38.0 Å². The minimum Gasteiger partial charge on any atom is -0.452 e. The Bertz CT molecular complexity index is 845. The first-order valence-electron chi connectivity index (χ1n) is 8.52. The van der Waals surface area contributed by atoms with Crippen LogP contribution in [-0.2, 0) is 9.53 Å². The van der Waals surface area contributed by atoms with Crippen molar-refractivity contribution in [2.45, 2.75) is 6.42 Å². The predicted molar refractivity (Wildman–Crippen MR) is 106 cm³/mol. The zero-order valence-electron chi connectivity index (χ0n) is 15.3. The van der Waals surface area contributed by atoms with Crippen molar-refractivity contribution in [1.82, 2.24) is 5.32 Å². The van der Waals surface area contributed by atoms with Gasteiger partial charge in [-0.05, 0) is 24.6 Å². The molecule has 9 heteroatoms. The number of anilines is 1. The Morgan fingerprint density at radius 2 is 1.93 bits per heavy atom. The van der Waals surface area contributed by atoms with Gasteiger partial charge in [-0.1, -0.05) is 29.8 Å². The summed E-state index contributed by atoms with van der Waals surface area (Å²) in [4.78, 5) is 36.0. The van der Waals surface area contributed by atoms with Crippen LogP contribution in [0.1, 0.15) is 16.8 Å². The molecule has 148 valence electrons. The molecule has 0 aromatic heterocycles. The van der Waals surface area contributed by atoms with Crippen LogP contribution in [0.15, 0.2) is 48.5 Å². The molecule has 0 aliphatic rings. The topological polar surface area (TPSA) is 102 Å². The maximum atomic E-state index is 12.0. The van der Waals surface area contributed by atoms with Crippen molar-refractivity contribution >= 4 is 34.9 Å². The fourth-order valence-electron chi connectivity index (χ4n) is 2.40. The highest BCUT2D eigenvalue weighted by Gasteiger charge is 2.18. The first-order valence-corrected chi connectivity index (χ1v) is 8.90. The van der Waals surface area contributed by atoms with Crippen LogP contribution < -0.4 is 10.2 Å². The summed E-state index contributed by atoms with van der Waals surface area (Å²) in [5.41, 5.74) is 0.632. The van der Waals surface area contributed by atoms with Crippen LogP contribution >= 0.6 is 11.6 Å². The number of amides is 1. The van der Waals surface area contributed by atoms with Crippen LogP contribution in [0.4, 0.5) is 11.4 Å². The number of carbonyl (C=O) groups excluding carboxylic acids is 2. The second kappa shape index (κ2) is 10.3. The number of nitrogens with one attached hydrogen (secondary N) is 1. The summed E-state index contributed by atoms with van der Waals surface area (Å²) < 4.78 is 4.88. The zero-order valence-corrected chi connectivity index (χ0v) is 16.0. The van der Waals surface area contributed by atoms with Gasteiger partial charge in [-0.15, -0.1) is 0 Å². The molecule has 28 heavy (non-hydrogen) atoms. The number of nitro benzene ring substituents is 1. The third kappa shape index (κ3) is 6.24. The summed E-state index contributed by atoms with van der Waals surface area (Å²) in [5.74, 6) is -1.36. The number of benzene rings is 2. The number of nitro groups is 1. The molecule has 1 amide bonds. The fourth-order valence-corrected chi connectivity index (χ4v) is 2.59. The lowest BCUT2D eigenvalue weighted by Gasteiger charge is -2.19. The number of nitrogens with zero attached hydrogens (tertiary/aromatic N) is 2. The molecule has 0 saturated carbocycles. The summed E-state index contributed by atoms with van der Waals surface area (Å²) in [6.45, 7) is 0.672. The van der Waals surface area contributed by atoms with Gasteiger partial charge < -0.3 is 15.0 Å². The van der Waals surface area contributed by atoms with E-state index in [0.717, 1.165) is 18.3 Å². The second-order valence-electron chi connectivity index (χ2n) is 5.96. The number of hydrogen-bond donors (Lipinski definition) is 1. The maximum Gasteiger partial charge on any atom is 0.340 e. The predicted octanol–water partition coefficient (Wildman–Crippen LogP) is 3.05. The van der Waals surface area contributed by atoms with E-state index in [1.165, 1.54) is 12.1 Å². The van der Waals surface area contributed by atoms with Gasteiger partial charge in [0.2, 0.25) is 0 Å². The Morgan fingerprint density at radius 3 is 2.61 bits per heavy atom. The van der Waals surface area contributed by atoms with Crippen molar-refractivity contribution in [3.8, 4) is 0 Å². The van der Waals surface area contributed by atoms with Crippen LogP contribution in [-0.4, -0.2) is 43.5 Å². The SMILES string of the molecule is CN(CCCNC(=O)COC(=O)c1cc([N+](=O)[O-])ccc1Cl)c1ccccc1.